The van der Waals surface area contributed by atoms with E-state index in [1.165, 1.54) is 4.90 Å². The van der Waals surface area contributed by atoms with Crippen molar-refractivity contribution in [2.24, 2.45) is 0 Å². The van der Waals surface area contributed by atoms with Crippen LogP contribution in [0.25, 0.3) is 5.76 Å². The van der Waals surface area contributed by atoms with E-state index >= 15 is 0 Å². The van der Waals surface area contributed by atoms with Crippen molar-refractivity contribution in [2.45, 2.75) is 19.4 Å². The van der Waals surface area contributed by atoms with Crippen LogP contribution in [-0.2, 0) is 14.3 Å². The molecule has 3 rings (SSSR count). The maximum atomic E-state index is 12.9. The first kappa shape index (κ1) is 20.6. The summed E-state index contributed by atoms with van der Waals surface area (Å²) in [6, 6.07) is 13.7. The molecule has 1 amide bonds. The van der Waals surface area contributed by atoms with Crippen molar-refractivity contribution in [3.63, 3.8) is 0 Å². The summed E-state index contributed by atoms with van der Waals surface area (Å²) in [5, 5.41) is 11.0. The Morgan fingerprint density at radius 3 is 2.28 bits per heavy atom. The van der Waals surface area contributed by atoms with Crippen LogP contribution in [-0.4, -0.2) is 49.1 Å². The van der Waals surface area contributed by atoms with Gasteiger partial charge in [0.25, 0.3) is 11.7 Å². The zero-order valence-corrected chi connectivity index (χ0v) is 16.8. The van der Waals surface area contributed by atoms with E-state index in [0.717, 1.165) is 11.1 Å². The van der Waals surface area contributed by atoms with Crippen LogP contribution >= 0.6 is 0 Å². The Hall–Kier alpha value is -3.12. The number of Topliss-reactive ketones (excluding diaryl/α,β-unsaturated/α-hetero) is 1. The van der Waals surface area contributed by atoms with Gasteiger partial charge in [-0.1, -0.05) is 42.0 Å². The molecule has 0 radical (unpaired) electrons. The van der Waals surface area contributed by atoms with Crippen molar-refractivity contribution in [3.05, 3.63) is 70.8 Å². The quantitative estimate of drug-likeness (QED) is 0.336. The number of benzene rings is 2. The monoisotopic (exact) mass is 395 g/mol. The van der Waals surface area contributed by atoms with Gasteiger partial charge in [0.2, 0.25) is 0 Å². The Morgan fingerprint density at radius 2 is 1.69 bits per heavy atom. The van der Waals surface area contributed by atoms with Crippen LogP contribution in [0.1, 0.15) is 29.2 Å². The Morgan fingerprint density at radius 1 is 1.03 bits per heavy atom. The number of hydrogen-bond acceptors (Lipinski definition) is 5. The number of rotatable bonds is 7. The number of nitrogens with zero attached hydrogens (tertiary/aromatic N) is 1. The minimum Gasteiger partial charge on any atom is -0.507 e. The van der Waals surface area contributed by atoms with Crippen LogP contribution in [0.5, 0.6) is 5.75 Å². The van der Waals surface area contributed by atoms with Gasteiger partial charge in [0.1, 0.15) is 11.5 Å². The first-order valence-corrected chi connectivity index (χ1v) is 9.46. The third-order valence-electron chi connectivity index (χ3n) is 5.04. The van der Waals surface area contributed by atoms with Crippen molar-refractivity contribution >= 4 is 17.4 Å². The number of aliphatic hydroxyl groups is 1. The molecule has 29 heavy (non-hydrogen) atoms. The number of carbonyl (C=O) groups excluding carboxylic acids is 2. The summed E-state index contributed by atoms with van der Waals surface area (Å²) >= 11 is 0. The fourth-order valence-electron chi connectivity index (χ4n) is 3.49. The van der Waals surface area contributed by atoms with Gasteiger partial charge in [-0.15, -0.1) is 0 Å². The van der Waals surface area contributed by atoms with E-state index < -0.39 is 17.7 Å². The van der Waals surface area contributed by atoms with Crippen molar-refractivity contribution < 1.29 is 24.2 Å². The van der Waals surface area contributed by atoms with E-state index in [1.54, 1.807) is 50.6 Å². The molecular weight excluding hydrogens is 370 g/mol. The number of amides is 1. The molecule has 2 aromatic rings. The first-order chi connectivity index (χ1) is 14.0. The summed E-state index contributed by atoms with van der Waals surface area (Å²) in [5.41, 5.74) is 2.37. The minimum absolute atomic E-state index is 0.0986. The van der Waals surface area contributed by atoms with E-state index in [2.05, 4.69) is 0 Å². The predicted octanol–water partition coefficient (Wildman–Crippen LogP) is 3.46. The van der Waals surface area contributed by atoms with Crippen molar-refractivity contribution in [1.82, 2.24) is 4.90 Å². The standard InChI is InChI=1S/C23H25NO5/c1-15-5-7-17(8-6-15)21(25)19-20(16-9-11-18(29-3)12-10-16)24(13-4-14-28-2)23(27)22(19)26/h5-12,20,25H,4,13-14H2,1-3H3/b21-19-. The van der Waals surface area contributed by atoms with Gasteiger partial charge in [-0.2, -0.15) is 0 Å². The van der Waals surface area contributed by atoms with Crippen molar-refractivity contribution in [3.8, 4) is 5.75 Å². The first-order valence-electron chi connectivity index (χ1n) is 9.46. The van der Waals surface area contributed by atoms with E-state index in [9.17, 15) is 14.7 Å². The van der Waals surface area contributed by atoms with E-state index in [-0.39, 0.29) is 11.3 Å². The van der Waals surface area contributed by atoms with E-state index in [1.807, 2.05) is 19.1 Å². The molecule has 6 heteroatoms. The van der Waals surface area contributed by atoms with Gasteiger partial charge in [0.05, 0.1) is 18.7 Å². The summed E-state index contributed by atoms with van der Waals surface area (Å²) in [6.45, 7) is 2.76. The van der Waals surface area contributed by atoms with Crippen LogP contribution < -0.4 is 4.74 Å². The van der Waals surface area contributed by atoms with Gasteiger partial charge in [0, 0.05) is 25.8 Å². The zero-order chi connectivity index (χ0) is 21.0. The molecule has 1 unspecified atom stereocenters. The molecular formula is C23H25NO5. The second-order valence-corrected chi connectivity index (χ2v) is 6.98. The molecule has 1 saturated heterocycles. The lowest BCUT2D eigenvalue weighted by atomic mass is 9.95. The maximum absolute atomic E-state index is 12.9. The molecule has 1 aliphatic rings. The molecule has 1 atom stereocenters. The molecule has 152 valence electrons. The van der Waals surface area contributed by atoms with Crippen LogP contribution in [0, 0.1) is 6.92 Å². The minimum atomic E-state index is -0.679. The van der Waals surface area contributed by atoms with E-state index in [4.69, 9.17) is 9.47 Å². The van der Waals surface area contributed by atoms with Crippen LogP contribution in [0.2, 0.25) is 0 Å². The number of methoxy groups -OCH3 is 2. The van der Waals surface area contributed by atoms with Crippen molar-refractivity contribution in [1.29, 1.82) is 0 Å². The number of hydrogen-bond donors (Lipinski definition) is 1. The van der Waals surface area contributed by atoms with E-state index in [0.29, 0.717) is 30.9 Å². The lowest BCUT2D eigenvalue weighted by Crippen LogP contribution is -2.31. The Bertz CT molecular complexity index is 915. The average Bonchev–Trinajstić information content (AvgIpc) is 2.99. The number of likely N-dealkylation sites (tertiary alicyclic amines) is 1. The molecule has 0 aliphatic carbocycles. The smallest absolute Gasteiger partial charge is 0.295 e. The molecule has 1 fully saturated rings. The number of ether oxygens (including phenoxy) is 2. The summed E-state index contributed by atoms with van der Waals surface area (Å²) in [4.78, 5) is 27.1. The molecule has 1 heterocycles. The highest BCUT2D eigenvalue weighted by atomic mass is 16.5. The van der Waals surface area contributed by atoms with Gasteiger partial charge < -0.3 is 19.5 Å². The van der Waals surface area contributed by atoms with Gasteiger partial charge in [0.15, 0.2) is 0 Å². The second-order valence-electron chi connectivity index (χ2n) is 6.98. The molecule has 1 N–H and O–H groups in total. The second kappa shape index (κ2) is 8.92. The van der Waals surface area contributed by atoms with Crippen LogP contribution in [0.15, 0.2) is 54.1 Å². The number of ketones is 1. The zero-order valence-electron chi connectivity index (χ0n) is 16.8. The fourth-order valence-corrected chi connectivity index (χ4v) is 3.49. The lowest BCUT2D eigenvalue weighted by Gasteiger charge is -2.25. The highest BCUT2D eigenvalue weighted by Crippen LogP contribution is 2.39. The Balaban J connectivity index is 2.09. The van der Waals surface area contributed by atoms with Crippen LogP contribution in [0.3, 0.4) is 0 Å². The summed E-state index contributed by atoms with van der Waals surface area (Å²) in [5.74, 6) is -0.793. The third-order valence-corrected chi connectivity index (χ3v) is 5.04. The normalized spacial score (nSPS) is 18.3. The Kier molecular flexibility index (Phi) is 6.34. The molecule has 2 aromatic carbocycles. The molecule has 0 bridgehead atoms. The summed E-state index contributed by atoms with van der Waals surface area (Å²) < 4.78 is 10.3. The highest BCUT2D eigenvalue weighted by Gasteiger charge is 2.45. The Labute approximate surface area is 170 Å². The molecule has 0 aromatic heterocycles. The number of aryl methyl sites for hydroxylation is 1. The van der Waals surface area contributed by atoms with Gasteiger partial charge in [-0.25, -0.2) is 0 Å². The average molecular weight is 395 g/mol. The van der Waals surface area contributed by atoms with Gasteiger partial charge in [-0.05, 0) is 31.0 Å². The maximum Gasteiger partial charge on any atom is 0.295 e. The lowest BCUT2D eigenvalue weighted by molar-refractivity contribution is -0.140. The third kappa shape index (κ3) is 4.17. The SMILES string of the molecule is COCCCN1C(=O)C(=O)/C(=C(\O)c2ccc(C)cc2)C1c1ccc(OC)cc1. The molecule has 6 nitrogen and oxygen atoms in total. The summed E-state index contributed by atoms with van der Waals surface area (Å²) in [7, 11) is 3.16. The number of carbonyl (C=O) groups is 2. The van der Waals surface area contributed by atoms with Gasteiger partial charge in [-0.3, -0.25) is 9.59 Å². The fraction of sp³-hybridized carbons (Fsp3) is 0.304. The van der Waals surface area contributed by atoms with Crippen LogP contribution in [0.4, 0.5) is 0 Å². The molecule has 0 spiro atoms. The summed E-state index contributed by atoms with van der Waals surface area (Å²) in [6.07, 6.45) is 0.584. The van der Waals surface area contributed by atoms with Crippen molar-refractivity contribution in [2.75, 3.05) is 27.4 Å². The number of aliphatic hydroxyl groups excluding tert-OH is 1. The van der Waals surface area contributed by atoms with Gasteiger partial charge >= 0.3 is 0 Å². The largest absolute Gasteiger partial charge is 0.507 e. The topological polar surface area (TPSA) is 76.1 Å². The molecule has 0 saturated carbocycles. The highest BCUT2D eigenvalue weighted by molar-refractivity contribution is 6.46. The molecule has 1 aliphatic heterocycles. The predicted molar refractivity (Wildman–Crippen MR) is 110 cm³/mol.